The van der Waals surface area contributed by atoms with Crippen molar-refractivity contribution in [2.24, 2.45) is 0 Å². The summed E-state index contributed by atoms with van der Waals surface area (Å²) in [6, 6.07) is 0. The molecule has 3 N–H and O–H groups in total. The smallest absolute Gasteiger partial charge is 0.181 e. The maximum Gasteiger partial charge on any atom is 0.181 e. The number of hydrogen-bond acceptors (Lipinski definition) is 4. The van der Waals surface area contributed by atoms with Crippen LogP contribution in [-0.2, 0) is 4.74 Å². The van der Waals surface area contributed by atoms with E-state index in [2.05, 4.69) is 4.74 Å². The summed E-state index contributed by atoms with van der Waals surface area (Å²) in [5.74, 6) is 0. The van der Waals surface area contributed by atoms with E-state index in [9.17, 15) is 0 Å². The minimum Gasteiger partial charge on any atom is -0.394 e. The van der Waals surface area contributed by atoms with E-state index in [-0.39, 0.29) is 6.61 Å². The van der Waals surface area contributed by atoms with Crippen molar-refractivity contribution < 1.29 is 20.1 Å². The van der Waals surface area contributed by atoms with E-state index in [0.29, 0.717) is 6.42 Å². The Balaban J connectivity index is 2.35. The Morgan fingerprint density at radius 2 is 2.11 bits per heavy atom. The van der Waals surface area contributed by atoms with Gasteiger partial charge in [0.1, 0.15) is 6.10 Å². The summed E-state index contributed by atoms with van der Waals surface area (Å²) in [6.07, 6.45) is -2.02. The zero-order valence-electron chi connectivity index (χ0n) is 4.90. The second kappa shape index (κ2) is 2.62. The van der Waals surface area contributed by atoms with Gasteiger partial charge in [0, 0.05) is 6.42 Å². The highest BCUT2D eigenvalue weighted by Crippen LogP contribution is 2.17. The number of ether oxygens (including phenoxy) is 1. The van der Waals surface area contributed by atoms with Crippen molar-refractivity contribution in [1.82, 2.24) is 0 Å². The molecule has 3 atom stereocenters. The lowest BCUT2D eigenvalue weighted by Gasteiger charge is -2.04. The van der Waals surface area contributed by atoms with Crippen LogP contribution in [0.2, 0.25) is 0 Å². The minimum absolute atomic E-state index is 0.145. The molecule has 2 unspecified atom stereocenters. The van der Waals surface area contributed by atoms with Crippen LogP contribution in [0.4, 0.5) is 0 Å². The molecule has 0 radical (unpaired) electrons. The lowest BCUT2D eigenvalue weighted by molar-refractivity contribution is -0.132. The summed E-state index contributed by atoms with van der Waals surface area (Å²) in [4.78, 5) is 0. The van der Waals surface area contributed by atoms with Crippen LogP contribution < -0.4 is 0 Å². The summed E-state index contributed by atoms with van der Waals surface area (Å²) in [6.45, 7) is -0.145. The van der Waals surface area contributed by atoms with Crippen molar-refractivity contribution in [3.63, 3.8) is 0 Å². The normalized spacial score (nSPS) is 43.7. The highest BCUT2D eigenvalue weighted by atomic mass is 16.6. The maximum atomic E-state index is 8.81. The number of aliphatic hydroxyl groups is 3. The van der Waals surface area contributed by atoms with Crippen LogP contribution in [-0.4, -0.2) is 40.4 Å². The van der Waals surface area contributed by atoms with Crippen LogP contribution >= 0.6 is 0 Å². The number of hydrogen-bond donors (Lipinski definition) is 3. The van der Waals surface area contributed by atoms with E-state index in [1.807, 2.05) is 0 Å². The highest BCUT2D eigenvalue weighted by Gasteiger charge is 2.31. The lowest BCUT2D eigenvalue weighted by Crippen LogP contribution is -2.19. The quantitative estimate of drug-likeness (QED) is 0.406. The molecule has 0 aromatic carbocycles. The third-order valence-electron chi connectivity index (χ3n) is 1.37. The maximum absolute atomic E-state index is 8.81. The molecular weight excluding hydrogens is 124 g/mol. The fourth-order valence-electron chi connectivity index (χ4n) is 0.847. The SMILES string of the molecule is OCC1C[C@H](O)C(O)O1. The van der Waals surface area contributed by atoms with Gasteiger partial charge in [-0.1, -0.05) is 0 Å². The molecule has 54 valence electrons. The molecule has 1 rings (SSSR count). The van der Waals surface area contributed by atoms with Gasteiger partial charge in [0.05, 0.1) is 12.7 Å². The van der Waals surface area contributed by atoms with Crippen LogP contribution in [0.1, 0.15) is 6.42 Å². The Labute approximate surface area is 52.7 Å². The molecular formula is C5H10O4. The molecule has 9 heavy (non-hydrogen) atoms. The standard InChI is InChI=1S/C5H10O4/c6-2-3-1-4(7)5(8)9-3/h3-8H,1-2H2/t3?,4-,5?/m0/s1. The van der Waals surface area contributed by atoms with Crippen molar-refractivity contribution in [3.8, 4) is 0 Å². The average molecular weight is 134 g/mol. The van der Waals surface area contributed by atoms with Crippen molar-refractivity contribution in [2.75, 3.05) is 6.61 Å². The van der Waals surface area contributed by atoms with Crippen molar-refractivity contribution in [3.05, 3.63) is 0 Å². The second-order valence-corrected chi connectivity index (χ2v) is 2.13. The topological polar surface area (TPSA) is 69.9 Å². The van der Waals surface area contributed by atoms with Gasteiger partial charge in [0.15, 0.2) is 6.29 Å². The molecule has 0 aromatic rings. The second-order valence-electron chi connectivity index (χ2n) is 2.13. The van der Waals surface area contributed by atoms with E-state index in [1.165, 1.54) is 0 Å². The Bertz CT molecular complexity index is 85.0. The number of aliphatic hydroxyl groups excluding tert-OH is 3. The largest absolute Gasteiger partial charge is 0.394 e. The van der Waals surface area contributed by atoms with Crippen molar-refractivity contribution in [2.45, 2.75) is 24.9 Å². The Hall–Kier alpha value is -0.160. The summed E-state index contributed by atoms with van der Waals surface area (Å²) in [5, 5.41) is 26.0. The van der Waals surface area contributed by atoms with Crippen LogP contribution in [0.3, 0.4) is 0 Å². The molecule has 1 saturated heterocycles. The zero-order valence-corrected chi connectivity index (χ0v) is 4.90. The molecule has 1 heterocycles. The molecule has 0 spiro atoms. The molecule has 1 aliphatic heterocycles. The predicted octanol–water partition coefficient (Wildman–Crippen LogP) is -1.55. The van der Waals surface area contributed by atoms with Crippen LogP contribution in [0.5, 0.6) is 0 Å². The van der Waals surface area contributed by atoms with Crippen LogP contribution in [0.15, 0.2) is 0 Å². The van der Waals surface area contributed by atoms with E-state index in [4.69, 9.17) is 15.3 Å². The van der Waals surface area contributed by atoms with E-state index < -0.39 is 18.5 Å². The van der Waals surface area contributed by atoms with E-state index >= 15 is 0 Å². The third kappa shape index (κ3) is 1.40. The van der Waals surface area contributed by atoms with Gasteiger partial charge in [0.2, 0.25) is 0 Å². The zero-order chi connectivity index (χ0) is 6.85. The van der Waals surface area contributed by atoms with Gasteiger partial charge in [-0.15, -0.1) is 0 Å². The Morgan fingerprint density at radius 3 is 2.33 bits per heavy atom. The van der Waals surface area contributed by atoms with E-state index in [1.54, 1.807) is 0 Å². The van der Waals surface area contributed by atoms with Gasteiger partial charge in [-0.2, -0.15) is 0 Å². The first-order valence-corrected chi connectivity index (χ1v) is 2.86. The number of rotatable bonds is 1. The first-order chi connectivity index (χ1) is 4.24. The minimum atomic E-state index is -1.11. The van der Waals surface area contributed by atoms with Gasteiger partial charge in [-0.25, -0.2) is 0 Å². The fourth-order valence-corrected chi connectivity index (χ4v) is 0.847. The van der Waals surface area contributed by atoms with Gasteiger partial charge in [0.25, 0.3) is 0 Å². The summed E-state index contributed by atoms with van der Waals surface area (Å²) >= 11 is 0. The van der Waals surface area contributed by atoms with Crippen LogP contribution in [0, 0.1) is 0 Å². The molecule has 0 aliphatic carbocycles. The van der Waals surface area contributed by atoms with Gasteiger partial charge < -0.3 is 20.1 Å². The first kappa shape index (κ1) is 6.95. The summed E-state index contributed by atoms with van der Waals surface area (Å²) < 4.78 is 4.68. The van der Waals surface area contributed by atoms with Gasteiger partial charge in [-0.3, -0.25) is 0 Å². The molecule has 4 heteroatoms. The van der Waals surface area contributed by atoms with Gasteiger partial charge >= 0.3 is 0 Å². The van der Waals surface area contributed by atoms with Crippen molar-refractivity contribution >= 4 is 0 Å². The molecule has 0 saturated carbocycles. The van der Waals surface area contributed by atoms with Crippen molar-refractivity contribution in [1.29, 1.82) is 0 Å². The monoisotopic (exact) mass is 134 g/mol. The molecule has 0 aromatic heterocycles. The molecule has 1 fully saturated rings. The molecule has 0 bridgehead atoms. The Morgan fingerprint density at radius 1 is 1.44 bits per heavy atom. The first-order valence-electron chi connectivity index (χ1n) is 2.86. The average Bonchev–Trinajstić information content (AvgIpc) is 2.13. The third-order valence-corrected chi connectivity index (χ3v) is 1.37. The highest BCUT2D eigenvalue weighted by molar-refractivity contribution is 4.74. The molecule has 1 aliphatic rings. The van der Waals surface area contributed by atoms with Crippen LogP contribution in [0.25, 0.3) is 0 Å². The lowest BCUT2D eigenvalue weighted by atomic mass is 10.2. The molecule has 4 nitrogen and oxygen atoms in total. The fraction of sp³-hybridized carbons (Fsp3) is 1.00. The molecule has 0 amide bonds. The van der Waals surface area contributed by atoms with Gasteiger partial charge in [-0.05, 0) is 0 Å². The Kier molecular flexibility index (Phi) is 2.02. The summed E-state index contributed by atoms with van der Waals surface area (Å²) in [5.41, 5.74) is 0. The van der Waals surface area contributed by atoms with E-state index in [0.717, 1.165) is 0 Å². The predicted molar refractivity (Wildman–Crippen MR) is 28.6 cm³/mol. The summed E-state index contributed by atoms with van der Waals surface area (Å²) in [7, 11) is 0.